The van der Waals surface area contributed by atoms with E-state index in [9.17, 15) is 9.59 Å². The molecule has 1 aliphatic carbocycles. The fourth-order valence-corrected chi connectivity index (χ4v) is 5.32. The molecule has 7 heteroatoms. The van der Waals surface area contributed by atoms with E-state index in [1.54, 1.807) is 12.5 Å². The normalized spacial score (nSPS) is 19.8. The largest absolute Gasteiger partial charge is 0.355 e. The molecule has 7 nitrogen and oxygen atoms in total. The van der Waals surface area contributed by atoms with Crippen molar-refractivity contribution in [1.29, 1.82) is 0 Å². The van der Waals surface area contributed by atoms with Crippen molar-refractivity contribution in [3.63, 3.8) is 0 Å². The third kappa shape index (κ3) is 5.98. The molecule has 0 radical (unpaired) electrons. The van der Waals surface area contributed by atoms with Crippen molar-refractivity contribution >= 4 is 17.5 Å². The van der Waals surface area contributed by atoms with Crippen LogP contribution in [0.1, 0.15) is 35.2 Å². The van der Waals surface area contributed by atoms with Gasteiger partial charge in [-0.2, -0.15) is 0 Å². The highest BCUT2D eigenvalue weighted by molar-refractivity contribution is 5.93. The van der Waals surface area contributed by atoms with E-state index in [1.165, 1.54) is 23.1 Å². The van der Waals surface area contributed by atoms with Crippen molar-refractivity contribution in [2.24, 2.45) is 11.8 Å². The number of aromatic nitrogens is 2. The highest BCUT2D eigenvalue weighted by atomic mass is 16.2. The number of amides is 2. The number of nitrogens with one attached hydrogen (secondary N) is 3. The van der Waals surface area contributed by atoms with Gasteiger partial charge in [-0.3, -0.25) is 14.5 Å². The van der Waals surface area contributed by atoms with Crippen LogP contribution in [0.3, 0.4) is 0 Å². The summed E-state index contributed by atoms with van der Waals surface area (Å²) in [7, 11) is 0. The maximum Gasteiger partial charge on any atom is 0.228 e. The minimum absolute atomic E-state index is 0.00373. The summed E-state index contributed by atoms with van der Waals surface area (Å²) >= 11 is 0. The number of likely N-dealkylation sites (tertiary alicyclic amines) is 1. The molecule has 1 aromatic heterocycles. The van der Waals surface area contributed by atoms with Gasteiger partial charge in [0.25, 0.3) is 0 Å². The minimum atomic E-state index is -0.246. The fourth-order valence-electron chi connectivity index (χ4n) is 5.32. The van der Waals surface area contributed by atoms with E-state index in [0.717, 1.165) is 30.8 Å². The Kier molecular flexibility index (Phi) is 7.23. The molecule has 0 bridgehead atoms. The molecule has 2 atom stereocenters. The van der Waals surface area contributed by atoms with E-state index in [4.69, 9.17) is 0 Å². The monoisotopic (exact) mass is 471 g/mol. The van der Waals surface area contributed by atoms with E-state index < -0.39 is 0 Å². The second kappa shape index (κ2) is 10.9. The van der Waals surface area contributed by atoms with E-state index in [1.807, 2.05) is 24.3 Å². The summed E-state index contributed by atoms with van der Waals surface area (Å²) in [4.78, 5) is 35.7. The van der Waals surface area contributed by atoms with Crippen molar-refractivity contribution in [2.75, 3.05) is 25.0 Å². The van der Waals surface area contributed by atoms with Gasteiger partial charge in [-0.25, -0.2) is 4.98 Å². The molecule has 182 valence electrons. The van der Waals surface area contributed by atoms with Crippen molar-refractivity contribution in [3.05, 3.63) is 83.4 Å². The second-order valence-corrected chi connectivity index (χ2v) is 9.75. The summed E-state index contributed by atoms with van der Waals surface area (Å²) in [5.74, 6) is -0.470. The number of carbonyl (C=O) groups excluding carboxylic acids is 2. The Morgan fingerprint density at radius 1 is 1.00 bits per heavy atom. The predicted molar refractivity (Wildman–Crippen MR) is 136 cm³/mol. The van der Waals surface area contributed by atoms with Crippen LogP contribution >= 0.6 is 0 Å². The van der Waals surface area contributed by atoms with Crippen molar-refractivity contribution in [3.8, 4) is 0 Å². The highest BCUT2D eigenvalue weighted by Gasteiger charge is 2.35. The van der Waals surface area contributed by atoms with Crippen LogP contribution in [0.4, 0.5) is 5.69 Å². The van der Waals surface area contributed by atoms with Gasteiger partial charge in [0.15, 0.2) is 0 Å². The first kappa shape index (κ1) is 23.3. The van der Waals surface area contributed by atoms with E-state index in [2.05, 4.69) is 49.8 Å². The number of imidazole rings is 1. The van der Waals surface area contributed by atoms with Crippen LogP contribution in [0.5, 0.6) is 0 Å². The number of H-pyrrole nitrogens is 1. The number of hydrogen-bond donors (Lipinski definition) is 3. The standard InChI is InChI=1S/C28H33N5O2/c34-27(30-12-11-26-15-29-19-31-26)23-13-24(18-33(17-23)16-20-5-2-1-3-6-20)28(35)32-25-10-9-21-7-4-8-22(21)14-25/h1-3,5-6,9-10,14-15,19,23-24H,4,7-8,11-13,16-18H2,(H,29,31)(H,30,34)(H,32,35)/t23-,24+/m0/s1. The molecule has 0 unspecified atom stereocenters. The summed E-state index contributed by atoms with van der Waals surface area (Å²) in [5, 5.41) is 6.21. The SMILES string of the molecule is O=C(NCCc1cnc[nH]1)[C@H]1C[C@@H](C(=O)Nc2ccc3c(c2)CCC3)CN(Cc2ccccc2)C1. The lowest BCUT2D eigenvalue weighted by Crippen LogP contribution is -2.49. The molecule has 1 fully saturated rings. The molecule has 2 heterocycles. The Morgan fingerprint density at radius 3 is 2.60 bits per heavy atom. The second-order valence-electron chi connectivity index (χ2n) is 9.75. The van der Waals surface area contributed by atoms with Crippen LogP contribution in [-0.2, 0) is 35.4 Å². The number of fused-ring (bicyclic) bond motifs is 1. The molecule has 1 saturated heterocycles. The quantitative estimate of drug-likeness (QED) is 0.470. The summed E-state index contributed by atoms with van der Waals surface area (Å²) in [6.45, 7) is 2.56. The summed E-state index contributed by atoms with van der Waals surface area (Å²) in [6.07, 6.45) is 8.05. The molecule has 1 aliphatic heterocycles. The maximum atomic E-state index is 13.3. The number of hydrogen-bond acceptors (Lipinski definition) is 4. The molecule has 2 aliphatic rings. The van der Waals surface area contributed by atoms with E-state index in [0.29, 0.717) is 32.5 Å². The van der Waals surface area contributed by atoms with Crippen LogP contribution in [0.15, 0.2) is 61.1 Å². The number of rotatable bonds is 8. The Hall–Kier alpha value is -3.45. The van der Waals surface area contributed by atoms with Crippen molar-refractivity contribution < 1.29 is 9.59 Å². The number of benzene rings is 2. The van der Waals surface area contributed by atoms with Gasteiger partial charge in [0, 0.05) is 50.2 Å². The topological polar surface area (TPSA) is 90.1 Å². The van der Waals surface area contributed by atoms with Gasteiger partial charge in [0.1, 0.15) is 0 Å². The summed E-state index contributed by atoms with van der Waals surface area (Å²) in [6, 6.07) is 16.5. The lowest BCUT2D eigenvalue weighted by molar-refractivity contribution is -0.130. The third-order valence-electron chi connectivity index (χ3n) is 7.13. The van der Waals surface area contributed by atoms with Crippen LogP contribution in [-0.4, -0.2) is 46.3 Å². The Labute approximate surface area is 206 Å². The number of nitrogens with zero attached hydrogens (tertiary/aromatic N) is 2. The zero-order valence-corrected chi connectivity index (χ0v) is 20.0. The molecule has 5 rings (SSSR count). The van der Waals surface area contributed by atoms with Crippen molar-refractivity contribution in [2.45, 2.75) is 38.6 Å². The number of piperidine rings is 1. The van der Waals surface area contributed by atoms with Gasteiger partial charge in [0.2, 0.25) is 11.8 Å². The molecule has 2 amide bonds. The molecule has 3 N–H and O–H groups in total. The van der Waals surface area contributed by atoms with Gasteiger partial charge >= 0.3 is 0 Å². The zero-order chi connectivity index (χ0) is 24.0. The molecular weight excluding hydrogens is 438 g/mol. The molecule has 0 spiro atoms. The number of aryl methyl sites for hydroxylation is 2. The van der Waals surface area contributed by atoms with Crippen LogP contribution in [0, 0.1) is 11.8 Å². The first-order valence-electron chi connectivity index (χ1n) is 12.6. The fraction of sp³-hybridized carbons (Fsp3) is 0.393. The molecule has 0 saturated carbocycles. The maximum absolute atomic E-state index is 13.3. The van der Waals surface area contributed by atoms with Crippen LogP contribution in [0.2, 0.25) is 0 Å². The van der Waals surface area contributed by atoms with E-state index >= 15 is 0 Å². The van der Waals surface area contributed by atoms with E-state index in [-0.39, 0.29) is 23.7 Å². The van der Waals surface area contributed by atoms with Gasteiger partial charge < -0.3 is 15.6 Å². The summed E-state index contributed by atoms with van der Waals surface area (Å²) < 4.78 is 0. The van der Waals surface area contributed by atoms with Gasteiger partial charge in [-0.05, 0) is 54.5 Å². The van der Waals surface area contributed by atoms with Crippen LogP contribution < -0.4 is 10.6 Å². The lowest BCUT2D eigenvalue weighted by atomic mass is 9.87. The van der Waals surface area contributed by atoms with Gasteiger partial charge in [-0.15, -0.1) is 0 Å². The predicted octanol–water partition coefficient (Wildman–Crippen LogP) is 3.33. The zero-order valence-electron chi connectivity index (χ0n) is 20.0. The first-order chi connectivity index (χ1) is 17.1. The smallest absolute Gasteiger partial charge is 0.228 e. The van der Waals surface area contributed by atoms with Gasteiger partial charge in [0.05, 0.1) is 18.2 Å². The lowest BCUT2D eigenvalue weighted by Gasteiger charge is -2.36. The average molecular weight is 472 g/mol. The minimum Gasteiger partial charge on any atom is -0.355 e. The Morgan fingerprint density at radius 2 is 1.80 bits per heavy atom. The Balaban J connectivity index is 1.25. The molecule has 2 aromatic carbocycles. The Bertz CT molecular complexity index is 1150. The summed E-state index contributed by atoms with van der Waals surface area (Å²) in [5.41, 5.74) is 5.77. The number of anilines is 1. The third-order valence-corrected chi connectivity index (χ3v) is 7.13. The van der Waals surface area contributed by atoms with Gasteiger partial charge in [-0.1, -0.05) is 36.4 Å². The first-order valence-corrected chi connectivity index (χ1v) is 12.6. The molecule has 3 aromatic rings. The van der Waals surface area contributed by atoms with Crippen molar-refractivity contribution in [1.82, 2.24) is 20.2 Å². The highest BCUT2D eigenvalue weighted by Crippen LogP contribution is 2.28. The van der Waals surface area contributed by atoms with Crippen LogP contribution in [0.25, 0.3) is 0 Å². The molecular formula is C28H33N5O2. The average Bonchev–Trinajstić information content (AvgIpc) is 3.56. The molecule has 35 heavy (non-hydrogen) atoms. The number of carbonyl (C=O) groups is 2. The number of aromatic amines is 1.